The Morgan fingerprint density at radius 3 is 2.77 bits per heavy atom. The molecule has 1 saturated heterocycles. The van der Waals surface area contributed by atoms with Crippen molar-refractivity contribution in [2.24, 2.45) is 11.0 Å². The summed E-state index contributed by atoms with van der Waals surface area (Å²) in [4.78, 5) is 24.7. The SMILES string of the molecule is CC1CCC2(CC1)NC(=O)N(/N=C\c1cccc(Cl)c1)C2=O. The van der Waals surface area contributed by atoms with E-state index in [1.54, 1.807) is 18.2 Å². The Hall–Kier alpha value is -1.88. The first-order valence-corrected chi connectivity index (χ1v) is 7.84. The normalized spacial score (nSPS) is 28.6. The molecular weight excluding hydrogens is 302 g/mol. The molecular formula is C16H18ClN3O2. The van der Waals surface area contributed by atoms with Crippen molar-refractivity contribution < 1.29 is 9.59 Å². The molecule has 0 aromatic heterocycles. The number of rotatable bonds is 2. The standard InChI is InChI=1S/C16H18ClN3O2/c1-11-5-7-16(8-6-11)14(21)20(15(22)19-16)18-10-12-3-2-4-13(17)9-12/h2-4,9-11H,5-8H2,1H3,(H,19,22)/b18-10-. The van der Waals surface area contributed by atoms with Crippen LogP contribution in [-0.2, 0) is 4.79 Å². The maximum absolute atomic E-state index is 12.6. The molecule has 3 amide bonds. The van der Waals surface area contributed by atoms with Gasteiger partial charge >= 0.3 is 6.03 Å². The highest BCUT2D eigenvalue weighted by Gasteiger charge is 2.52. The molecule has 1 heterocycles. The number of nitrogens with zero attached hydrogens (tertiary/aromatic N) is 2. The number of imide groups is 1. The topological polar surface area (TPSA) is 61.8 Å². The van der Waals surface area contributed by atoms with Crippen molar-refractivity contribution in [3.63, 3.8) is 0 Å². The van der Waals surface area contributed by atoms with E-state index in [2.05, 4.69) is 17.3 Å². The van der Waals surface area contributed by atoms with Crippen LogP contribution in [-0.4, -0.2) is 28.7 Å². The van der Waals surface area contributed by atoms with E-state index in [1.807, 2.05) is 6.07 Å². The average molecular weight is 320 g/mol. The molecule has 1 aliphatic carbocycles. The predicted molar refractivity (Wildman–Crippen MR) is 84.8 cm³/mol. The first-order chi connectivity index (χ1) is 10.5. The minimum absolute atomic E-state index is 0.248. The summed E-state index contributed by atoms with van der Waals surface area (Å²) in [5.74, 6) is 0.349. The van der Waals surface area contributed by atoms with E-state index in [0.29, 0.717) is 23.8 Å². The lowest BCUT2D eigenvalue weighted by Gasteiger charge is -2.33. The fourth-order valence-corrected chi connectivity index (χ4v) is 3.21. The summed E-state index contributed by atoms with van der Waals surface area (Å²) >= 11 is 5.91. The van der Waals surface area contributed by atoms with Crippen LogP contribution in [0.3, 0.4) is 0 Å². The Morgan fingerprint density at radius 2 is 2.09 bits per heavy atom. The zero-order chi connectivity index (χ0) is 15.7. The van der Waals surface area contributed by atoms with E-state index in [-0.39, 0.29) is 5.91 Å². The molecule has 1 aliphatic heterocycles. The van der Waals surface area contributed by atoms with E-state index in [9.17, 15) is 9.59 Å². The highest BCUT2D eigenvalue weighted by molar-refractivity contribution is 6.30. The number of amides is 3. The van der Waals surface area contributed by atoms with Crippen molar-refractivity contribution in [1.82, 2.24) is 10.3 Å². The van der Waals surface area contributed by atoms with Gasteiger partial charge in [-0.2, -0.15) is 5.10 Å². The van der Waals surface area contributed by atoms with Crippen LogP contribution in [0.2, 0.25) is 5.02 Å². The maximum Gasteiger partial charge on any atom is 0.346 e. The van der Waals surface area contributed by atoms with Gasteiger partial charge in [-0.05, 0) is 49.3 Å². The third-order valence-corrected chi connectivity index (χ3v) is 4.67. The van der Waals surface area contributed by atoms with Gasteiger partial charge < -0.3 is 5.32 Å². The first-order valence-electron chi connectivity index (χ1n) is 7.46. The Morgan fingerprint density at radius 1 is 1.36 bits per heavy atom. The molecule has 6 heteroatoms. The van der Waals surface area contributed by atoms with Gasteiger partial charge in [0.25, 0.3) is 5.91 Å². The molecule has 116 valence electrons. The summed E-state index contributed by atoms with van der Waals surface area (Å²) in [6.07, 6.45) is 4.73. The number of hydrazone groups is 1. The highest BCUT2D eigenvalue weighted by Crippen LogP contribution is 2.36. The van der Waals surface area contributed by atoms with Gasteiger partial charge in [-0.25, -0.2) is 4.79 Å². The monoisotopic (exact) mass is 319 g/mol. The number of urea groups is 1. The van der Waals surface area contributed by atoms with Gasteiger partial charge in [-0.15, -0.1) is 5.01 Å². The zero-order valence-electron chi connectivity index (χ0n) is 12.4. The van der Waals surface area contributed by atoms with E-state index < -0.39 is 11.6 Å². The molecule has 5 nitrogen and oxygen atoms in total. The van der Waals surface area contributed by atoms with Gasteiger partial charge in [0.15, 0.2) is 0 Å². The first kappa shape index (κ1) is 15.0. The molecule has 0 unspecified atom stereocenters. The quantitative estimate of drug-likeness (QED) is 0.672. The van der Waals surface area contributed by atoms with E-state index in [0.717, 1.165) is 23.4 Å². The zero-order valence-corrected chi connectivity index (χ0v) is 13.1. The summed E-state index contributed by atoms with van der Waals surface area (Å²) in [6.45, 7) is 2.17. The average Bonchev–Trinajstić information content (AvgIpc) is 2.72. The lowest BCUT2D eigenvalue weighted by molar-refractivity contribution is -0.132. The van der Waals surface area contributed by atoms with Crippen LogP contribution < -0.4 is 5.32 Å². The largest absolute Gasteiger partial charge is 0.346 e. The number of hydrogen-bond acceptors (Lipinski definition) is 3. The Balaban J connectivity index is 1.77. The van der Waals surface area contributed by atoms with Crippen LogP contribution in [0.15, 0.2) is 29.4 Å². The lowest BCUT2D eigenvalue weighted by Crippen LogP contribution is -2.49. The second-order valence-corrected chi connectivity index (χ2v) is 6.55. The van der Waals surface area contributed by atoms with E-state index in [1.165, 1.54) is 6.21 Å². The van der Waals surface area contributed by atoms with Crippen LogP contribution >= 0.6 is 11.6 Å². The summed E-state index contributed by atoms with van der Waals surface area (Å²) in [5, 5.41) is 8.41. The van der Waals surface area contributed by atoms with Crippen molar-refractivity contribution in [2.45, 2.75) is 38.1 Å². The summed E-state index contributed by atoms with van der Waals surface area (Å²) < 4.78 is 0. The Bertz CT molecular complexity index is 636. The molecule has 1 saturated carbocycles. The molecule has 22 heavy (non-hydrogen) atoms. The molecule has 0 radical (unpaired) electrons. The van der Waals surface area contributed by atoms with Crippen LogP contribution in [0, 0.1) is 5.92 Å². The summed E-state index contributed by atoms with van der Waals surface area (Å²) in [7, 11) is 0. The number of benzene rings is 1. The van der Waals surface area contributed by atoms with Crippen LogP contribution in [0.5, 0.6) is 0 Å². The molecule has 2 aliphatic rings. The second kappa shape index (κ2) is 5.72. The van der Waals surface area contributed by atoms with Crippen molar-refractivity contribution >= 4 is 29.8 Å². The number of carbonyl (C=O) groups is 2. The van der Waals surface area contributed by atoms with Gasteiger partial charge in [0, 0.05) is 5.02 Å². The molecule has 0 atom stereocenters. The minimum Gasteiger partial charge on any atom is -0.321 e. The van der Waals surface area contributed by atoms with Gasteiger partial charge in [-0.3, -0.25) is 4.79 Å². The van der Waals surface area contributed by atoms with Gasteiger partial charge in [0.05, 0.1) is 6.21 Å². The molecule has 2 fully saturated rings. The molecule has 1 aromatic carbocycles. The van der Waals surface area contributed by atoms with Gasteiger partial charge in [-0.1, -0.05) is 30.7 Å². The minimum atomic E-state index is -0.755. The fourth-order valence-electron chi connectivity index (χ4n) is 3.02. The molecule has 1 spiro atoms. The molecule has 3 rings (SSSR count). The van der Waals surface area contributed by atoms with Crippen molar-refractivity contribution in [1.29, 1.82) is 0 Å². The lowest BCUT2D eigenvalue weighted by atomic mass is 9.77. The van der Waals surface area contributed by atoms with Crippen molar-refractivity contribution in [3.8, 4) is 0 Å². The van der Waals surface area contributed by atoms with Crippen LogP contribution in [0.1, 0.15) is 38.2 Å². The number of nitrogens with one attached hydrogen (secondary N) is 1. The van der Waals surface area contributed by atoms with Gasteiger partial charge in [0.2, 0.25) is 0 Å². The second-order valence-electron chi connectivity index (χ2n) is 6.11. The molecule has 1 aromatic rings. The number of carbonyl (C=O) groups excluding carboxylic acids is 2. The third-order valence-electron chi connectivity index (χ3n) is 4.44. The summed E-state index contributed by atoms with van der Waals surface area (Å²) in [6, 6.07) is 6.63. The summed E-state index contributed by atoms with van der Waals surface area (Å²) in [5.41, 5.74) is -0.0127. The molecule has 1 N–H and O–H groups in total. The van der Waals surface area contributed by atoms with E-state index in [4.69, 9.17) is 11.6 Å². The predicted octanol–water partition coefficient (Wildman–Crippen LogP) is 3.17. The van der Waals surface area contributed by atoms with Gasteiger partial charge in [0.1, 0.15) is 5.54 Å². The van der Waals surface area contributed by atoms with Crippen molar-refractivity contribution in [2.75, 3.05) is 0 Å². The Labute approximate surface area is 134 Å². The van der Waals surface area contributed by atoms with E-state index >= 15 is 0 Å². The fraction of sp³-hybridized carbons (Fsp3) is 0.438. The number of hydrogen-bond donors (Lipinski definition) is 1. The third kappa shape index (κ3) is 2.73. The smallest absolute Gasteiger partial charge is 0.321 e. The molecule has 0 bridgehead atoms. The highest BCUT2D eigenvalue weighted by atomic mass is 35.5. The Kier molecular flexibility index (Phi) is 3.91. The number of halogens is 1. The maximum atomic E-state index is 12.6. The van der Waals surface area contributed by atoms with Crippen molar-refractivity contribution in [3.05, 3.63) is 34.9 Å². The van der Waals surface area contributed by atoms with Crippen LogP contribution in [0.25, 0.3) is 0 Å². The van der Waals surface area contributed by atoms with Crippen LogP contribution in [0.4, 0.5) is 4.79 Å².